The van der Waals surface area contributed by atoms with Gasteiger partial charge in [-0.15, -0.1) is 0 Å². The fourth-order valence-electron chi connectivity index (χ4n) is 2.18. The predicted molar refractivity (Wildman–Crippen MR) is 80.3 cm³/mol. The molecule has 0 saturated carbocycles. The van der Waals surface area contributed by atoms with E-state index in [1.165, 1.54) is 11.6 Å². The van der Waals surface area contributed by atoms with E-state index in [2.05, 4.69) is 5.32 Å². The van der Waals surface area contributed by atoms with E-state index in [0.717, 1.165) is 10.1 Å². The van der Waals surface area contributed by atoms with Crippen LogP contribution in [-0.2, 0) is 20.6 Å². The van der Waals surface area contributed by atoms with Crippen molar-refractivity contribution < 1.29 is 5.11 Å². The first-order chi connectivity index (χ1) is 9.90. The van der Waals surface area contributed by atoms with Crippen LogP contribution < -0.4 is 16.6 Å². The Labute approximate surface area is 122 Å². The molecule has 1 aromatic carbocycles. The zero-order valence-corrected chi connectivity index (χ0v) is 12.3. The molecule has 6 nitrogen and oxygen atoms in total. The van der Waals surface area contributed by atoms with Crippen molar-refractivity contribution in [1.82, 2.24) is 14.5 Å². The molecule has 0 aliphatic rings. The van der Waals surface area contributed by atoms with Gasteiger partial charge in [0.2, 0.25) is 0 Å². The van der Waals surface area contributed by atoms with E-state index in [1.54, 1.807) is 31.4 Å². The van der Waals surface area contributed by atoms with E-state index in [9.17, 15) is 14.7 Å². The van der Waals surface area contributed by atoms with Crippen LogP contribution >= 0.6 is 0 Å². The SMILES string of the molecule is CC(NCc1cn(C)c(=O)n(C)c1=O)c1cccc(O)c1. The minimum atomic E-state index is -0.343. The minimum absolute atomic E-state index is 0.0287. The summed E-state index contributed by atoms with van der Waals surface area (Å²) in [6.45, 7) is 2.29. The van der Waals surface area contributed by atoms with E-state index in [1.807, 2.05) is 13.0 Å². The summed E-state index contributed by atoms with van der Waals surface area (Å²) in [5, 5.41) is 12.7. The normalized spacial score (nSPS) is 12.3. The zero-order valence-electron chi connectivity index (χ0n) is 12.3. The van der Waals surface area contributed by atoms with Gasteiger partial charge in [0.25, 0.3) is 5.56 Å². The third kappa shape index (κ3) is 3.22. The molecular weight excluding hydrogens is 270 g/mol. The molecule has 2 aromatic rings. The van der Waals surface area contributed by atoms with Gasteiger partial charge in [0, 0.05) is 38.4 Å². The second-order valence-electron chi connectivity index (χ2n) is 5.11. The number of aromatic nitrogens is 2. The third-order valence-corrected chi connectivity index (χ3v) is 3.49. The molecule has 1 unspecified atom stereocenters. The monoisotopic (exact) mass is 289 g/mol. The number of nitrogens with one attached hydrogen (secondary N) is 1. The Morgan fingerprint density at radius 2 is 2.00 bits per heavy atom. The van der Waals surface area contributed by atoms with Gasteiger partial charge in [-0.05, 0) is 24.6 Å². The molecule has 0 radical (unpaired) electrons. The highest BCUT2D eigenvalue weighted by molar-refractivity contribution is 5.29. The largest absolute Gasteiger partial charge is 0.508 e. The number of phenols is 1. The molecule has 6 heteroatoms. The van der Waals surface area contributed by atoms with Crippen molar-refractivity contribution in [1.29, 1.82) is 0 Å². The minimum Gasteiger partial charge on any atom is -0.508 e. The van der Waals surface area contributed by atoms with Crippen molar-refractivity contribution in [3.8, 4) is 5.75 Å². The fraction of sp³-hybridized carbons (Fsp3) is 0.333. The second-order valence-corrected chi connectivity index (χ2v) is 5.11. The first kappa shape index (κ1) is 15.1. The van der Waals surface area contributed by atoms with E-state index >= 15 is 0 Å². The molecule has 0 aliphatic carbocycles. The van der Waals surface area contributed by atoms with Crippen LogP contribution in [0.5, 0.6) is 5.75 Å². The number of phenolic OH excluding ortho intramolecular Hbond substituents is 1. The first-order valence-electron chi connectivity index (χ1n) is 6.68. The van der Waals surface area contributed by atoms with Crippen LogP contribution in [0.4, 0.5) is 0 Å². The maximum absolute atomic E-state index is 12.0. The summed E-state index contributed by atoms with van der Waals surface area (Å²) >= 11 is 0. The zero-order chi connectivity index (χ0) is 15.6. The molecule has 1 heterocycles. The topological polar surface area (TPSA) is 76.3 Å². The van der Waals surface area contributed by atoms with Crippen LogP contribution in [0.15, 0.2) is 40.1 Å². The molecule has 1 aromatic heterocycles. The lowest BCUT2D eigenvalue weighted by Gasteiger charge is -2.15. The molecule has 2 N–H and O–H groups in total. The molecule has 0 saturated heterocycles. The molecule has 0 aliphatic heterocycles. The van der Waals surface area contributed by atoms with E-state index in [0.29, 0.717) is 12.1 Å². The Balaban J connectivity index is 2.17. The quantitative estimate of drug-likeness (QED) is 0.866. The van der Waals surface area contributed by atoms with Gasteiger partial charge in [-0.1, -0.05) is 12.1 Å². The van der Waals surface area contributed by atoms with Crippen molar-refractivity contribution in [3.05, 3.63) is 62.4 Å². The summed E-state index contributed by atoms with van der Waals surface area (Å²) in [5.41, 5.74) is 0.807. The maximum Gasteiger partial charge on any atom is 0.330 e. The van der Waals surface area contributed by atoms with Gasteiger partial charge in [-0.25, -0.2) is 4.79 Å². The van der Waals surface area contributed by atoms with E-state index in [4.69, 9.17) is 0 Å². The molecule has 2 rings (SSSR count). The Hall–Kier alpha value is -2.34. The van der Waals surface area contributed by atoms with Crippen molar-refractivity contribution in [2.45, 2.75) is 19.5 Å². The average Bonchev–Trinajstić information content (AvgIpc) is 2.47. The first-order valence-corrected chi connectivity index (χ1v) is 6.68. The highest BCUT2D eigenvalue weighted by Gasteiger charge is 2.10. The van der Waals surface area contributed by atoms with Gasteiger partial charge >= 0.3 is 5.69 Å². The summed E-state index contributed by atoms with van der Waals surface area (Å²) in [6, 6.07) is 6.93. The Morgan fingerprint density at radius 3 is 2.67 bits per heavy atom. The predicted octanol–water partition coefficient (Wildman–Crippen LogP) is 0.640. The Bertz CT molecular complexity index is 761. The van der Waals surface area contributed by atoms with Gasteiger partial charge in [0.1, 0.15) is 5.75 Å². The molecule has 21 heavy (non-hydrogen) atoms. The van der Waals surface area contributed by atoms with Crippen LogP contribution in [0.25, 0.3) is 0 Å². The summed E-state index contributed by atoms with van der Waals surface area (Å²) in [5.74, 6) is 0.208. The summed E-state index contributed by atoms with van der Waals surface area (Å²) in [4.78, 5) is 23.6. The lowest BCUT2D eigenvalue weighted by atomic mass is 10.1. The van der Waals surface area contributed by atoms with Crippen LogP contribution in [0.1, 0.15) is 24.1 Å². The number of benzene rings is 1. The molecule has 0 spiro atoms. The maximum atomic E-state index is 12.0. The molecule has 1 atom stereocenters. The highest BCUT2D eigenvalue weighted by Crippen LogP contribution is 2.17. The number of hydrogen-bond donors (Lipinski definition) is 2. The molecule has 0 bridgehead atoms. The van der Waals surface area contributed by atoms with Crippen molar-refractivity contribution in [2.75, 3.05) is 0 Å². The lowest BCUT2D eigenvalue weighted by molar-refractivity contribution is 0.472. The molecular formula is C15H19N3O3. The number of nitrogens with zero attached hydrogens (tertiary/aromatic N) is 2. The van der Waals surface area contributed by atoms with Crippen LogP contribution in [0.2, 0.25) is 0 Å². The molecule has 0 fully saturated rings. The van der Waals surface area contributed by atoms with Crippen molar-refractivity contribution in [3.63, 3.8) is 0 Å². The van der Waals surface area contributed by atoms with Gasteiger partial charge in [0.15, 0.2) is 0 Å². The summed E-state index contributed by atoms with van der Waals surface area (Å²) in [7, 11) is 3.08. The average molecular weight is 289 g/mol. The van der Waals surface area contributed by atoms with Crippen molar-refractivity contribution >= 4 is 0 Å². The number of hydrogen-bond acceptors (Lipinski definition) is 4. The number of rotatable bonds is 4. The van der Waals surface area contributed by atoms with Gasteiger partial charge < -0.3 is 15.0 Å². The smallest absolute Gasteiger partial charge is 0.330 e. The second kappa shape index (κ2) is 5.97. The van der Waals surface area contributed by atoms with Crippen LogP contribution in [-0.4, -0.2) is 14.2 Å². The summed E-state index contributed by atoms with van der Waals surface area (Å²) in [6.07, 6.45) is 1.55. The van der Waals surface area contributed by atoms with Gasteiger partial charge in [0.05, 0.1) is 0 Å². The third-order valence-electron chi connectivity index (χ3n) is 3.49. The van der Waals surface area contributed by atoms with E-state index in [-0.39, 0.29) is 23.0 Å². The van der Waals surface area contributed by atoms with Gasteiger partial charge in [-0.2, -0.15) is 0 Å². The lowest BCUT2D eigenvalue weighted by Crippen LogP contribution is -2.39. The Kier molecular flexibility index (Phi) is 4.28. The standard InChI is InChI=1S/C15H19N3O3/c1-10(11-5-4-6-13(19)7-11)16-8-12-9-17(2)15(21)18(3)14(12)20/h4-7,9-10,16,19H,8H2,1-3H3. The number of aromatic hydroxyl groups is 1. The van der Waals surface area contributed by atoms with E-state index < -0.39 is 0 Å². The van der Waals surface area contributed by atoms with Crippen molar-refractivity contribution in [2.24, 2.45) is 14.1 Å². The molecule has 0 amide bonds. The van der Waals surface area contributed by atoms with Crippen LogP contribution in [0.3, 0.4) is 0 Å². The molecule has 112 valence electrons. The van der Waals surface area contributed by atoms with Crippen LogP contribution in [0, 0.1) is 0 Å². The fourth-order valence-corrected chi connectivity index (χ4v) is 2.18. The number of aryl methyl sites for hydroxylation is 1. The summed E-state index contributed by atoms with van der Waals surface area (Å²) < 4.78 is 2.48. The highest BCUT2D eigenvalue weighted by atomic mass is 16.3. The Morgan fingerprint density at radius 1 is 1.29 bits per heavy atom. The van der Waals surface area contributed by atoms with Gasteiger partial charge in [-0.3, -0.25) is 9.36 Å².